The lowest BCUT2D eigenvalue weighted by Crippen LogP contribution is -2.41. The maximum absolute atomic E-state index is 13.6. The smallest absolute Gasteiger partial charge is 0.400 e. The average Bonchev–Trinajstić information content (AvgIpc) is 2.64. The molecule has 1 aliphatic heterocycles. The molecule has 2 rings (SSSR count). The van der Waals surface area contributed by atoms with Gasteiger partial charge in [0.25, 0.3) is 0 Å². The minimum atomic E-state index is -0.615. The summed E-state index contributed by atoms with van der Waals surface area (Å²) in [5, 5.41) is 3.07. The predicted octanol–water partition coefficient (Wildman–Crippen LogP) is 4.37. The molecule has 0 aliphatic carbocycles. The number of rotatable bonds is 4. The fourth-order valence-electron chi connectivity index (χ4n) is 2.27. The second-order valence-corrected chi connectivity index (χ2v) is 7.45. The van der Waals surface area contributed by atoms with E-state index in [9.17, 15) is 4.39 Å². The third-order valence-corrected chi connectivity index (χ3v) is 4.85. The third kappa shape index (κ3) is 3.91. The highest BCUT2D eigenvalue weighted by atomic mass is 35.5. The normalized spacial score (nSPS) is 20.2. The molecule has 1 fully saturated rings. The Hall–Kier alpha value is -0.585. The van der Waals surface area contributed by atoms with Crippen molar-refractivity contribution in [2.45, 2.75) is 38.9 Å². The van der Waals surface area contributed by atoms with Crippen LogP contribution in [-0.2, 0) is 9.31 Å². The highest BCUT2D eigenvalue weighted by molar-refractivity contribution is 6.56. The molecule has 1 aromatic rings. The van der Waals surface area contributed by atoms with Crippen LogP contribution in [0, 0.1) is 5.82 Å². The summed E-state index contributed by atoms with van der Waals surface area (Å²) in [5.74, 6) is -0.615. The Morgan fingerprint density at radius 1 is 1.17 bits per heavy atom. The molecule has 0 bridgehead atoms. The third-order valence-electron chi connectivity index (χ3n) is 4.30. The maximum atomic E-state index is 13.6. The van der Waals surface area contributed by atoms with Gasteiger partial charge in [0.2, 0.25) is 0 Å². The van der Waals surface area contributed by atoms with Gasteiger partial charge in [-0.15, -0.1) is 0 Å². The molecular formula is C16H21BCl2FNO2. The van der Waals surface area contributed by atoms with Gasteiger partial charge in [0.05, 0.1) is 21.2 Å². The van der Waals surface area contributed by atoms with E-state index in [4.69, 9.17) is 32.5 Å². The van der Waals surface area contributed by atoms with Gasteiger partial charge < -0.3 is 14.6 Å². The molecule has 1 heterocycles. The van der Waals surface area contributed by atoms with Gasteiger partial charge in [-0.05, 0) is 57.9 Å². The molecule has 0 spiro atoms. The Bertz CT molecular complexity index is 596. The zero-order chi connectivity index (χ0) is 17.4. The van der Waals surface area contributed by atoms with Crippen molar-refractivity contribution in [2.24, 2.45) is 0 Å². The summed E-state index contributed by atoms with van der Waals surface area (Å²) in [5.41, 5.74) is 0.719. The quantitative estimate of drug-likeness (QED) is 0.639. The van der Waals surface area contributed by atoms with Gasteiger partial charge in [0.15, 0.2) is 5.82 Å². The van der Waals surface area contributed by atoms with Crippen LogP contribution in [-0.4, -0.2) is 31.9 Å². The number of likely N-dealkylation sites (N-methyl/N-ethyl adjacent to an activating group) is 1. The van der Waals surface area contributed by atoms with Crippen molar-refractivity contribution < 1.29 is 13.7 Å². The Balaban J connectivity index is 2.36. The van der Waals surface area contributed by atoms with E-state index in [2.05, 4.69) is 5.32 Å². The van der Waals surface area contributed by atoms with Crippen molar-refractivity contribution >= 4 is 36.4 Å². The average molecular weight is 360 g/mol. The molecule has 3 nitrogen and oxygen atoms in total. The highest BCUT2D eigenvalue weighted by Crippen LogP contribution is 2.39. The molecule has 1 N–H and O–H groups in total. The summed E-state index contributed by atoms with van der Waals surface area (Å²) < 4.78 is 25.7. The van der Waals surface area contributed by atoms with Crippen molar-refractivity contribution in [1.29, 1.82) is 0 Å². The molecule has 1 saturated heterocycles. The molecule has 1 aromatic carbocycles. The van der Waals surface area contributed by atoms with Gasteiger partial charge in [-0.2, -0.15) is 0 Å². The second-order valence-electron chi connectivity index (χ2n) is 6.64. The van der Waals surface area contributed by atoms with Crippen molar-refractivity contribution in [1.82, 2.24) is 5.32 Å². The standard InChI is InChI=1S/C16H21BCl2FNO2/c1-15(2)16(3,4)23-17(22-15)11(9-21-5)6-10-7-12(18)14(20)13(19)8-10/h6-8,21H,9H2,1-5H3. The van der Waals surface area contributed by atoms with Gasteiger partial charge >= 0.3 is 7.12 Å². The molecule has 0 saturated carbocycles. The minimum Gasteiger partial charge on any atom is -0.400 e. The van der Waals surface area contributed by atoms with Crippen LogP contribution in [0.15, 0.2) is 17.6 Å². The van der Waals surface area contributed by atoms with Crippen LogP contribution in [0.5, 0.6) is 0 Å². The van der Waals surface area contributed by atoms with E-state index in [1.165, 1.54) is 12.1 Å². The first-order chi connectivity index (χ1) is 10.6. The van der Waals surface area contributed by atoms with Crippen molar-refractivity contribution in [3.63, 3.8) is 0 Å². The lowest BCUT2D eigenvalue weighted by atomic mass is 9.77. The maximum Gasteiger partial charge on any atom is 0.491 e. The molecule has 0 aromatic heterocycles. The van der Waals surface area contributed by atoms with E-state index in [1.807, 2.05) is 40.8 Å². The highest BCUT2D eigenvalue weighted by Gasteiger charge is 2.52. The van der Waals surface area contributed by atoms with E-state index in [0.29, 0.717) is 12.1 Å². The molecule has 0 atom stereocenters. The first-order valence-electron chi connectivity index (χ1n) is 7.42. The van der Waals surface area contributed by atoms with Gasteiger partial charge in [0, 0.05) is 6.54 Å². The van der Waals surface area contributed by atoms with E-state index < -0.39 is 24.1 Å². The Morgan fingerprint density at radius 3 is 2.09 bits per heavy atom. The van der Waals surface area contributed by atoms with E-state index >= 15 is 0 Å². The lowest BCUT2D eigenvalue weighted by molar-refractivity contribution is 0.00578. The molecule has 0 radical (unpaired) electrons. The first-order valence-corrected chi connectivity index (χ1v) is 8.18. The second kappa shape index (κ2) is 6.73. The predicted molar refractivity (Wildman–Crippen MR) is 94.4 cm³/mol. The summed E-state index contributed by atoms with van der Waals surface area (Å²) in [7, 11) is 1.35. The Morgan fingerprint density at radius 2 is 1.65 bits per heavy atom. The molecular weight excluding hydrogens is 339 g/mol. The Kier molecular flexibility index (Phi) is 5.49. The van der Waals surface area contributed by atoms with Gasteiger partial charge in [-0.3, -0.25) is 0 Å². The van der Waals surface area contributed by atoms with Gasteiger partial charge in [-0.25, -0.2) is 4.39 Å². The van der Waals surface area contributed by atoms with Crippen molar-refractivity contribution in [2.75, 3.05) is 13.6 Å². The van der Waals surface area contributed by atoms with Crippen LogP contribution in [0.2, 0.25) is 10.0 Å². The summed E-state index contributed by atoms with van der Waals surface area (Å²) in [6.07, 6.45) is 1.86. The van der Waals surface area contributed by atoms with Crippen molar-refractivity contribution in [3.05, 3.63) is 39.0 Å². The van der Waals surface area contributed by atoms with E-state index in [-0.39, 0.29) is 10.0 Å². The van der Waals surface area contributed by atoms with Crippen LogP contribution in [0.4, 0.5) is 4.39 Å². The summed E-state index contributed by atoms with van der Waals surface area (Å²) in [6, 6.07) is 3.06. The fourth-order valence-corrected chi connectivity index (χ4v) is 2.78. The van der Waals surface area contributed by atoms with Gasteiger partial charge in [-0.1, -0.05) is 29.3 Å². The molecule has 0 amide bonds. The number of hydrogen-bond acceptors (Lipinski definition) is 3. The topological polar surface area (TPSA) is 30.5 Å². The van der Waals surface area contributed by atoms with Crippen LogP contribution < -0.4 is 5.32 Å². The van der Waals surface area contributed by atoms with Crippen molar-refractivity contribution in [3.8, 4) is 0 Å². The number of hydrogen-bond donors (Lipinski definition) is 1. The summed E-state index contributed by atoms with van der Waals surface area (Å²) in [6.45, 7) is 8.54. The largest absolute Gasteiger partial charge is 0.491 e. The summed E-state index contributed by atoms with van der Waals surface area (Å²) >= 11 is 11.7. The van der Waals surface area contributed by atoms with Crippen LogP contribution >= 0.6 is 23.2 Å². The van der Waals surface area contributed by atoms with E-state index in [0.717, 1.165) is 5.47 Å². The van der Waals surface area contributed by atoms with Gasteiger partial charge in [0.1, 0.15) is 0 Å². The number of halogens is 3. The SMILES string of the molecule is CNCC(=Cc1cc(Cl)c(F)c(Cl)c1)B1OC(C)(C)C(C)(C)O1. The Labute approximate surface area is 147 Å². The fraction of sp³-hybridized carbons (Fsp3) is 0.500. The molecule has 0 unspecified atom stereocenters. The molecule has 126 valence electrons. The number of nitrogens with one attached hydrogen (secondary N) is 1. The van der Waals surface area contributed by atoms with E-state index in [1.54, 1.807) is 0 Å². The molecule has 1 aliphatic rings. The molecule has 7 heteroatoms. The zero-order valence-electron chi connectivity index (χ0n) is 14.0. The monoisotopic (exact) mass is 359 g/mol. The van der Waals surface area contributed by atoms with Crippen LogP contribution in [0.3, 0.4) is 0 Å². The minimum absolute atomic E-state index is 0.0125. The molecule has 23 heavy (non-hydrogen) atoms. The zero-order valence-corrected chi connectivity index (χ0v) is 15.5. The van der Waals surface area contributed by atoms with Crippen LogP contribution in [0.25, 0.3) is 6.08 Å². The van der Waals surface area contributed by atoms with Crippen LogP contribution in [0.1, 0.15) is 33.3 Å². The lowest BCUT2D eigenvalue weighted by Gasteiger charge is -2.32. The number of benzene rings is 1. The summed E-state index contributed by atoms with van der Waals surface area (Å²) in [4.78, 5) is 0. The first kappa shape index (κ1) is 18.7.